The van der Waals surface area contributed by atoms with Gasteiger partial charge in [-0.1, -0.05) is 17.7 Å². The standard InChI is InChI=1S/C22H35ClN4O/c1-5-27(19-9-12-26(4)13-10-19)21-15-18(23)14-20(17(21)3)22(28)25-11-7-6-8-16(2)24/h8,14-15,19H,5-7,9-13,24H2,1-4H3,(H,25,28)/b16-8-. The van der Waals surface area contributed by atoms with Crippen LogP contribution >= 0.6 is 11.6 Å². The van der Waals surface area contributed by atoms with Gasteiger partial charge in [0.25, 0.3) is 5.91 Å². The van der Waals surface area contributed by atoms with Crippen molar-refractivity contribution in [3.8, 4) is 0 Å². The maximum atomic E-state index is 12.8. The zero-order chi connectivity index (χ0) is 20.7. The maximum absolute atomic E-state index is 12.8. The summed E-state index contributed by atoms with van der Waals surface area (Å²) in [6, 6.07) is 4.27. The molecule has 3 N–H and O–H groups in total. The van der Waals surface area contributed by atoms with Crippen LogP contribution in [0.1, 0.15) is 55.5 Å². The van der Waals surface area contributed by atoms with Gasteiger partial charge >= 0.3 is 0 Å². The molecule has 1 aliphatic heterocycles. The van der Waals surface area contributed by atoms with Gasteiger partial charge in [-0.15, -0.1) is 0 Å². The Bertz CT molecular complexity index is 692. The third kappa shape index (κ3) is 6.14. The average molecular weight is 407 g/mol. The number of anilines is 1. The van der Waals surface area contributed by atoms with E-state index in [1.165, 1.54) is 0 Å². The maximum Gasteiger partial charge on any atom is 0.251 e. The normalized spacial score (nSPS) is 16.2. The second-order valence-electron chi connectivity index (χ2n) is 7.76. The first-order valence-electron chi connectivity index (χ1n) is 10.3. The van der Waals surface area contributed by atoms with Gasteiger partial charge < -0.3 is 20.9 Å². The van der Waals surface area contributed by atoms with Gasteiger partial charge in [-0.05, 0) is 84.3 Å². The second-order valence-corrected chi connectivity index (χ2v) is 8.20. The number of rotatable bonds is 8. The van der Waals surface area contributed by atoms with Gasteiger partial charge in [-0.25, -0.2) is 0 Å². The van der Waals surface area contributed by atoms with E-state index in [1.54, 1.807) is 6.07 Å². The molecule has 28 heavy (non-hydrogen) atoms. The number of nitrogens with zero attached hydrogens (tertiary/aromatic N) is 2. The number of allylic oxidation sites excluding steroid dienone is 2. The molecular formula is C22H35ClN4O. The molecule has 0 unspecified atom stereocenters. The number of amides is 1. The number of likely N-dealkylation sites (tertiary alicyclic amines) is 1. The highest BCUT2D eigenvalue weighted by Gasteiger charge is 2.25. The Labute approximate surface area is 174 Å². The summed E-state index contributed by atoms with van der Waals surface area (Å²) in [6.07, 6.45) is 5.97. The fourth-order valence-corrected chi connectivity index (χ4v) is 4.07. The van der Waals surface area contributed by atoms with Crippen molar-refractivity contribution in [2.45, 2.75) is 52.5 Å². The molecule has 0 spiro atoms. The Balaban J connectivity index is 2.13. The van der Waals surface area contributed by atoms with Crippen molar-refractivity contribution in [1.29, 1.82) is 0 Å². The zero-order valence-corrected chi connectivity index (χ0v) is 18.5. The SMILES string of the molecule is CCN(c1cc(Cl)cc(C(=O)NCCC/C=C(/C)N)c1C)C1CCN(C)CC1. The summed E-state index contributed by atoms with van der Waals surface area (Å²) in [5.41, 5.74) is 9.20. The number of unbranched alkanes of at least 4 members (excludes halogenated alkanes) is 1. The summed E-state index contributed by atoms with van der Waals surface area (Å²) >= 11 is 6.41. The van der Waals surface area contributed by atoms with Gasteiger partial charge in [0.15, 0.2) is 0 Å². The highest BCUT2D eigenvalue weighted by molar-refractivity contribution is 6.31. The Kier molecular flexibility index (Phi) is 8.64. The zero-order valence-electron chi connectivity index (χ0n) is 17.7. The summed E-state index contributed by atoms with van der Waals surface area (Å²) in [4.78, 5) is 17.5. The molecule has 0 aliphatic carbocycles. The Hall–Kier alpha value is -1.72. The Morgan fingerprint density at radius 1 is 1.39 bits per heavy atom. The molecule has 1 heterocycles. The van der Waals surface area contributed by atoms with Gasteiger partial charge in [-0.3, -0.25) is 4.79 Å². The van der Waals surface area contributed by atoms with Crippen molar-refractivity contribution in [1.82, 2.24) is 10.2 Å². The highest BCUT2D eigenvalue weighted by Crippen LogP contribution is 2.31. The molecule has 2 rings (SSSR count). The number of halogens is 1. The van der Waals surface area contributed by atoms with E-state index in [2.05, 4.69) is 29.1 Å². The van der Waals surface area contributed by atoms with E-state index < -0.39 is 0 Å². The topological polar surface area (TPSA) is 61.6 Å². The lowest BCUT2D eigenvalue weighted by molar-refractivity contribution is 0.0952. The van der Waals surface area contributed by atoms with Crippen molar-refractivity contribution in [3.05, 3.63) is 40.1 Å². The highest BCUT2D eigenvalue weighted by atomic mass is 35.5. The number of carbonyl (C=O) groups excluding carboxylic acids is 1. The van der Waals surface area contributed by atoms with E-state index in [0.29, 0.717) is 23.2 Å². The third-order valence-corrected chi connectivity index (χ3v) is 5.72. The van der Waals surface area contributed by atoms with Crippen LogP contribution < -0.4 is 16.0 Å². The molecule has 0 aromatic heterocycles. The first-order valence-corrected chi connectivity index (χ1v) is 10.7. The molecule has 1 aromatic carbocycles. The summed E-state index contributed by atoms with van der Waals surface area (Å²) < 4.78 is 0. The van der Waals surface area contributed by atoms with Crippen molar-refractivity contribution < 1.29 is 4.79 Å². The van der Waals surface area contributed by atoms with Crippen molar-refractivity contribution in [2.24, 2.45) is 5.73 Å². The Morgan fingerprint density at radius 3 is 2.68 bits per heavy atom. The second kappa shape index (κ2) is 10.7. The van der Waals surface area contributed by atoms with Crippen LogP contribution in [0.15, 0.2) is 23.9 Å². The molecule has 1 aliphatic rings. The number of benzene rings is 1. The molecule has 1 aromatic rings. The van der Waals surface area contributed by atoms with Crippen LogP contribution in [-0.2, 0) is 0 Å². The van der Waals surface area contributed by atoms with Crippen molar-refractivity contribution in [2.75, 3.05) is 38.1 Å². The molecule has 1 fully saturated rings. The lowest BCUT2D eigenvalue weighted by Crippen LogP contribution is -2.44. The smallest absolute Gasteiger partial charge is 0.251 e. The van der Waals surface area contributed by atoms with E-state index >= 15 is 0 Å². The summed E-state index contributed by atoms with van der Waals surface area (Å²) in [5, 5.41) is 3.63. The van der Waals surface area contributed by atoms with Crippen LogP contribution in [0, 0.1) is 6.92 Å². The van der Waals surface area contributed by atoms with Crippen molar-refractivity contribution >= 4 is 23.2 Å². The van der Waals surface area contributed by atoms with Gasteiger partial charge in [0.1, 0.15) is 0 Å². The van der Waals surface area contributed by atoms with Gasteiger partial charge in [0, 0.05) is 41.1 Å². The van der Waals surface area contributed by atoms with Crippen LogP contribution in [-0.4, -0.2) is 50.1 Å². The van der Waals surface area contributed by atoms with E-state index in [9.17, 15) is 4.79 Å². The predicted octanol–water partition coefficient (Wildman–Crippen LogP) is 3.94. The molecule has 0 atom stereocenters. The molecule has 1 amide bonds. The molecule has 6 heteroatoms. The van der Waals surface area contributed by atoms with Crippen LogP contribution in [0.2, 0.25) is 5.02 Å². The number of carbonyl (C=O) groups is 1. The van der Waals surface area contributed by atoms with Crippen LogP contribution in [0.3, 0.4) is 0 Å². The quantitative estimate of drug-likeness (QED) is 0.642. The van der Waals surface area contributed by atoms with Gasteiger partial charge in [0.2, 0.25) is 0 Å². The molecule has 0 saturated carbocycles. The fourth-order valence-electron chi connectivity index (χ4n) is 3.86. The lowest BCUT2D eigenvalue weighted by Gasteiger charge is -2.39. The third-order valence-electron chi connectivity index (χ3n) is 5.50. The number of nitrogens with two attached hydrogens (primary N) is 1. The van der Waals surface area contributed by atoms with Crippen molar-refractivity contribution in [3.63, 3.8) is 0 Å². The molecule has 0 bridgehead atoms. The Morgan fingerprint density at radius 2 is 2.07 bits per heavy atom. The van der Waals surface area contributed by atoms with Gasteiger partial charge in [0.05, 0.1) is 0 Å². The molecular weight excluding hydrogens is 372 g/mol. The molecule has 0 radical (unpaired) electrons. The van der Waals surface area contributed by atoms with Crippen LogP contribution in [0.5, 0.6) is 0 Å². The van der Waals surface area contributed by atoms with E-state index in [1.807, 2.05) is 26.0 Å². The van der Waals surface area contributed by atoms with Gasteiger partial charge in [-0.2, -0.15) is 0 Å². The summed E-state index contributed by atoms with van der Waals surface area (Å²) in [5.74, 6) is -0.0610. The number of hydrogen-bond donors (Lipinski definition) is 2. The first kappa shape index (κ1) is 22.6. The molecule has 156 valence electrons. The van der Waals surface area contributed by atoms with E-state index in [0.717, 1.165) is 62.3 Å². The van der Waals surface area contributed by atoms with Crippen LogP contribution in [0.4, 0.5) is 5.69 Å². The fraction of sp³-hybridized carbons (Fsp3) is 0.591. The lowest BCUT2D eigenvalue weighted by atomic mass is 9.99. The van der Waals surface area contributed by atoms with E-state index in [4.69, 9.17) is 17.3 Å². The minimum atomic E-state index is -0.0610. The summed E-state index contributed by atoms with van der Waals surface area (Å²) in [7, 11) is 2.17. The van der Waals surface area contributed by atoms with E-state index in [-0.39, 0.29) is 5.91 Å². The summed E-state index contributed by atoms with van der Waals surface area (Å²) in [6.45, 7) is 9.80. The number of piperidine rings is 1. The van der Waals surface area contributed by atoms with Crippen LogP contribution in [0.25, 0.3) is 0 Å². The minimum Gasteiger partial charge on any atom is -0.403 e. The molecule has 1 saturated heterocycles. The number of nitrogens with one attached hydrogen (secondary N) is 1. The predicted molar refractivity (Wildman–Crippen MR) is 119 cm³/mol. The largest absolute Gasteiger partial charge is 0.403 e. The average Bonchev–Trinajstić information content (AvgIpc) is 2.65. The first-order chi connectivity index (χ1) is 13.3. The monoisotopic (exact) mass is 406 g/mol. The number of hydrogen-bond acceptors (Lipinski definition) is 4. The minimum absolute atomic E-state index is 0.0610. The molecule has 5 nitrogen and oxygen atoms in total.